The highest BCUT2D eigenvalue weighted by atomic mass is 16.3. The van der Waals surface area contributed by atoms with Gasteiger partial charge in [-0.25, -0.2) is 0 Å². The summed E-state index contributed by atoms with van der Waals surface area (Å²) in [5.74, 6) is 2.38. The van der Waals surface area contributed by atoms with Crippen LogP contribution >= 0.6 is 0 Å². The van der Waals surface area contributed by atoms with Crippen molar-refractivity contribution in [1.29, 1.82) is 0 Å². The molecule has 0 aromatic heterocycles. The summed E-state index contributed by atoms with van der Waals surface area (Å²) in [6.45, 7) is 7.67. The van der Waals surface area contributed by atoms with Gasteiger partial charge in [0.2, 0.25) is 0 Å². The van der Waals surface area contributed by atoms with Crippen molar-refractivity contribution in [3.05, 3.63) is 11.6 Å². The highest BCUT2D eigenvalue weighted by Crippen LogP contribution is 2.70. The molecule has 7 atom stereocenters. The Bertz CT molecular complexity index is 534. The first-order valence-corrected chi connectivity index (χ1v) is 10.4. The third kappa shape index (κ3) is 2.02. The number of rotatable bonds is 2. The Morgan fingerprint density at radius 2 is 1.83 bits per heavy atom. The highest BCUT2D eigenvalue weighted by Gasteiger charge is 2.62. The first-order valence-electron chi connectivity index (χ1n) is 10.4. The third-order valence-electron chi connectivity index (χ3n) is 9.59. The van der Waals surface area contributed by atoms with E-state index in [1.54, 1.807) is 5.57 Å². The maximum atomic E-state index is 10.2. The second-order valence-electron chi connectivity index (χ2n) is 9.94. The van der Waals surface area contributed by atoms with Crippen molar-refractivity contribution < 1.29 is 10.2 Å². The lowest BCUT2D eigenvalue weighted by Gasteiger charge is -2.59. The Balaban J connectivity index is 1.68. The van der Waals surface area contributed by atoms with E-state index in [2.05, 4.69) is 26.8 Å². The average Bonchev–Trinajstić information content (AvgIpc) is 2.88. The van der Waals surface area contributed by atoms with Crippen molar-refractivity contribution >= 4 is 0 Å². The molecule has 4 rings (SSSR count). The topological polar surface area (TPSA) is 40.5 Å². The van der Waals surface area contributed by atoms with E-state index in [0.717, 1.165) is 37.0 Å². The first kappa shape index (κ1) is 17.1. The zero-order valence-corrected chi connectivity index (χ0v) is 15.9. The van der Waals surface area contributed by atoms with E-state index in [0.29, 0.717) is 17.4 Å². The number of allylic oxidation sites excluding steroid dienone is 1. The van der Waals surface area contributed by atoms with Crippen molar-refractivity contribution in [3.63, 3.8) is 0 Å². The van der Waals surface area contributed by atoms with Crippen molar-refractivity contribution in [2.45, 2.75) is 84.7 Å². The molecule has 6 unspecified atom stereocenters. The second-order valence-corrected chi connectivity index (χ2v) is 9.94. The molecule has 2 N–H and O–H groups in total. The molecule has 2 heteroatoms. The van der Waals surface area contributed by atoms with Gasteiger partial charge in [-0.1, -0.05) is 32.4 Å². The molecule has 24 heavy (non-hydrogen) atoms. The predicted octanol–water partition coefficient (Wildman–Crippen LogP) is 4.70. The second kappa shape index (κ2) is 5.58. The van der Waals surface area contributed by atoms with E-state index in [1.165, 1.54) is 38.5 Å². The van der Waals surface area contributed by atoms with Crippen LogP contribution in [-0.4, -0.2) is 22.9 Å². The molecular formula is C22H36O2. The molecule has 0 amide bonds. The lowest BCUT2D eigenvalue weighted by Crippen LogP contribution is -2.53. The van der Waals surface area contributed by atoms with Crippen LogP contribution in [0.25, 0.3) is 0 Å². The van der Waals surface area contributed by atoms with Gasteiger partial charge < -0.3 is 10.2 Å². The minimum atomic E-state index is -0.108. The van der Waals surface area contributed by atoms with E-state index in [-0.39, 0.29) is 11.5 Å². The summed E-state index contributed by atoms with van der Waals surface area (Å²) in [6, 6.07) is 0. The summed E-state index contributed by atoms with van der Waals surface area (Å²) in [6.07, 6.45) is 13.0. The molecule has 4 aliphatic rings. The van der Waals surface area contributed by atoms with Crippen molar-refractivity contribution in [3.8, 4) is 0 Å². The maximum absolute atomic E-state index is 10.2. The standard InChI is InChI=1S/C22H36O2/c1-4-22(14-23)12-9-19-17-6-5-15-13-16(24)7-10-20(15,2)18(17)8-11-21(19,22)3/h5,16-19,23-24H,4,6-14H2,1-3H3/t16-,17?,18?,19?,20?,21?,22?/m0/s1. The Kier molecular flexibility index (Phi) is 3.97. The Morgan fingerprint density at radius 3 is 2.54 bits per heavy atom. The number of aliphatic hydroxyl groups excluding tert-OH is 2. The van der Waals surface area contributed by atoms with Gasteiger partial charge in [-0.3, -0.25) is 0 Å². The van der Waals surface area contributed by atoms with E-state index in [1.807, 2.05) is 0 Å². The van der Waals surface area contributed by atoms with Crippen LogP contribution in [0, 0.1) is 34.0 Å². The van der Waals surface area contributed by atoms with Crippen LogP contribution in [0.3, 0.4) is 0 Å². The monoisotopic (exact) mass is 332 g/mol. The van der Waals surface area contributed by atoms with Crippen molar-refractivity contribution in [2.24, 2.45) is 34.0 Å². The lowest BCUT2D eigenvalue weighted by molar-refractivity contribution is -0.0936. The molecule has 0 aromatic rings. The number of hydrogen-bond acceptors (Lipinski definition) is 2. The summed E-state index contributed by atoms with van der Waals surface area (Å²) in [5.41, 5.74) is 2.39. The summed E-state index contributed by atoms with van der Waals surface area (Å²) >= 11 is 0. The van der Waals surface area contributed by atoms with Gasteiger partial charge in [0.1, 0.15) is 0 Å². The Labute approximate surface area is 147 Å². The molecule has 4 aliphatic carbocycles. The van der Waals surface area contributed by atoms with Gasteiger partial charge in [-0.15, -0.1) is 0 Å². The van der Waals surface area contributed by atoms with Crippen LogP contribution in [0.5, 0.6) is 0 Å². The molecule has 136 valence electrons. The van der Waals surface area contributed by atoms with Crippen molar-refractivity contribution in [1.82, 2.24) is 0 Å². The molecule has 0 bridgehead atoms. The van der Waals surface area contributed by atoms with Crippen LogP contribution in [-0.2, 0) is 0 Å². The minimum Gasteiger partial charge on any atom is -0.396 e. The van der Waals surface area contributed by atoms with Crippen molar-refractivity contribution in [2.75, 3.05) is 6.61 Å². The van der Waals surface area contributed by atoms with E-state index >= 15 is 0 Å². The zero-order valence-electron chi connectivity index (χ0n) is 15.9. The van der Waals surface area contributed by atoms with Crippen LogP contribution in [0.2, 0.25) is 0 Å². The van der Waals surface area contributed by atoms with E-state index in [9.17, 15) is 10.2 Å². The fraction of sp³-hybridized carbons (Fsp3) is 0.909. The molecule has 2 nitrogen and oxygen atoms in total. The predicted molar refractivity (Wildman–Crippen MR) is 97.5 cm³/mol. The SMILES string of the molecule is CCC1(CO)CCC2C3CC=C4C[C@@H](O)CCC4(C)C3CCC21C. The minimum absolute atomic E-state index is 0.108. The molecule has 0 aromatic carbocycles. The smallest absolute Gasteiger partial charge is 0.0577 e. The van der Waals surface area contributed by atoms with Gasteiger partial charge in [0, 0.05) is 6.61 Å². The van der Waals surface area contributed by atoms with Gasteiger partial charge >= 0.3 is 0 Å². The highest BCUT2D eigenvalue weighted by molar-refractivity contribution is 5.26. The Hall–Kier alpha value is -0.340. The first-order chi connectivity index (χ1) is 11.4. The third-order valence-corrected chi connectivity index (χ3v) is 9.59. The van der Waals surface area contributed by atoms with Gasteiger partial charge in [-0.2, -0.15) is 0 Å². The molecule has 0 spiro atoms. The zero-order chi connectivity index (χ0) is 17.2. The summed E-state index contributed by atoms with van der Waals surface area (Å²) in [4.78, 5) is 0. The van der Waals surface area contributed by atoms with E-state index in [4.69, 9.17) is 0 Å². The lowest BCUT2D eigenvalue weighted by atomic mass is 9.45. The molecule has 0 aliphatic heterocycles. The molecular weight excluding hydrogens is 296 g/mol. The van der Waals surface area contributed by atoms with Crippen LogP contribution in [0.1, 0.15) is 78.6 Å². The van der Waals surface area contributed by atoms with Crippen LogP contribution in [0.4, 0.5) is 0 Å². The molecule has 3 fully saturated rings. The number of fused-ring (bicyclic) bond motifs is 5. The summed E-state index contributed by atoms with van der Waals surface area (Å²) in [5, 5.41) is 20.4. The van der Waals surface area contributed by atoms with Crippen LogP contribution < -0.4 is 0 Å². The molecule has 0 saturated heterocycles. The molecule has 0 heterocycles. The van der Waals surface area contributed by atoms with E-state index < -0.39 is 0 Å². The molecule has 3 saturated carbocycles. The normalized spacial score (nSPS) is 53.8. The quantitative estimate of drug-likeness (QED) is 0.720. The van der Waals surface area contributed by atoms with Gasteiger partial charge in [0.05, 0.1) is 6.10 Å². The maximum Gasteiger partial charge on any atom is 0.0577 e. The number of hydrogen-bond donors (Lipinski definition) is 2. The Morgan fingerprint density at radius 1 is 1.08 bits per heavy atom. The number of aliphatic hydroxyl groups is 2. The van der Waals surface area contributed by atoms with Crippen LogP contribution in [0.15, 0.2) is 11.6 Å². The summed E-state index contributed by atoms with van der Waals surface area (Å²) < 4.78 is 0. The van der Waals surface area contributed by atoms with Gasteiger partial charge in [-0.05, 0) is 91.8 Å². The summed E-state index contributed by atoms with van der Waals surface area (Å²) in [7, 11) is 0. The fourth-order valence-corrected chi connectivity index (χ4v) is 7.82. The molecule has 0 radical (unpaired) electrons. The largest absolute Gasteiger partial charge is 0.396 e. The average molecular weight is 333 g/mol. The van der Waals surface area contributed by atoms with Gasteiger partial charge in [0.15, 0.2) is 0 Å². The fourth-order valence-electron chi connectivity index (χ4n) is 7.82. The van der Waals surface area contributed by atoms with Gasteiger partial charge in [0.25, 0.3) is 0 Å².